The number of anilines is 2. The van der Waals surface area contributed by atoms with Gasteiger partial charge >= 0.3 is 0 Å². The minimum atomic E-state index is 0.0702. The van der Waals surface area contributed by atoms with Crippen LogP contribution >= 0.6 is 11.5 Å². The SMILES string of the molecule is CCC(C)(C)N(C)c1snc(N)c1-c1ccncc1. The Balaban J connectivity index is 2.50. The lowest BCUT2D eigenvalue weighted by atomic mass is 9.99. The first-order chi connectivity index (χ1) is 8.97. The Labute approximate surface area is 118 Å². The molecule has 0 unspecified atom stereocenters. The highest BCUT2D eigenvalue weighted by Gasteiger charge is 2.26. The second-order valence-corrected chi connectivity index (χ2v) is 5.96. The summed E-state index contributed by atoms with van der Waals surface area (Å²) in [7, 11) is 2.10. The van der Waals surface area contributed by atoms with Crippen LogP contribution in [-0.4, -0.2) is 21.9 Å². The Morgan fingerprint density at radius 1 is 1.32 bits per heavy atom. The van der Waals surface area contributed by atoms with Crippen LogP contribution < -0.4 is 10.6 Å². The molecule has 0 radical (unpaired) electrons. The van der Waals surface area contributed by atoms with E-state index in [1.54, 1.807) is 12.4 Å². The molecular formula is C14H20N4S. The largest absolute Gasteiger partial charge is 0.382 e. The van der Waals surface area contributed by atoms with Crippen molar-refractivity contribution in [3.63, 3.8) is 0 Å². The van der Waals surface area contributed by atoms with Crippen LogP contribution in [0.2, 0.25) is 0 Å². The van der Waals surface area contributed by atoms with Crippen LogP contribution in [0.1, 0.15) is 27.2 Å². The van der Waals surface area contributed by atoms with Gasteiger partial charge in [-0.25, -0.2) is 0 Å². The first kappa shape index (κ1) is 13.8. The predicted molar refractivity (Wildman–Crippen MR) is 82.5 cm³/mol. The molecule has 2 aromatic rings. The highest BCUT2D eigenvalue weighted by molar-refractivity contribution is 7.11. The Kier molecular flexibility index (Phi) is 3.75. The van der Waals surface area contributed by atoms with Crippen molar-refractivity contribution < 1.29 is 0 Å². The van der Waals surface area contributed by atoms with Gasteiger partial charge in [-0.15, -0.1) is 0 Å². The molecule has 0 saturated heterocycles. The molecule has 5 heteroatoms. The summed E-state index contributed by atoms with van der Waals surface area (Å²) in [6.07, 6.45) is 4.61. The van der Waals surface area contributed by atoms with Crippen LogP contribution in [0.3, 0.4) is 0 Å². The van der Waals surface area contributed by atoms with Crippen molar-refractivity contribution in [1.82, 2.24) is 9.36 Å². The van der Waals surface area contributed by atoms with Gasteiger partial charge in [0.05, 0.1) is 5.56 Å². The van der Waals surface area contributed by atoms with E-state index in [0.29, 0.717) is 5.82 Å². The lowest BCUT2D eigenvalue weighted by Gasteiger charge is -2.36. The van der Waals surface area contributed by atoms with Gasteiger partial charge in [0.1, 0.15) is 10.8 Å². The summed E-state index contributed by atoms with van der Waals surface area (Å²) in [6, 6.07) is 3.94. The van der Waals surface area contributed by atoms with Crippen LogP contribution in [-0.2, 0) is 0 Å². The number of pyridine rings is 1. The molecule has 0 aliphatic heterocycles. The van der Waals surface area contributed by atoms with E-state index in [4.69, 9.17) is 5.73 Å². The average Bonchev–Trinajstić information content (AvgIpc) is 2.80. The summed E-state index contributed by atoms with van der Waals surface area (Å²) in [5.41, 5.74) is 8.19. The van der Waals surface area contributed by atoms with Gasteiger partial charge in [0.2, 0.25) is 0 Å². The Morgan fingerprint density at radius 2 is 1.95 bits per heavy atom. The predicted octanol–water partition coefficient (Wildman–Crippen LogP) is 3.41. The molecule has 0 fully saturated rings. The van der Waals surface area contributed by atoms with Crippen LogP contribution in [0.4, 0.5) is 10.8 Å². The first-order valence-electron chi connectivity index (χ1n) is 6.36. The van der Waals surface area contributed by atoms with Crippen LogP contribution in [0.5, 0.6) is 0 Å². The second-order valence-electron chi connectivity index (χ2n) is 5.21. The molecule has 0 aliphatic rings. The molecule has 0 atom stereocenters. The van der Waals surface area contributed by atoms with Gasteiger partial charge < -0.3 is 10.6 Å². The van der Waals surface area contributed by atoms with Gasteiger partial charge in [-0.2, -0.15) is 4.37 Å². The van der Waals surface area contributed by atoms with E-state index in [-0.39, 0.29) is 5.54 Å². The van der Waals surface area contributed by atoms with Gasteiger partial charge in [0.15, 0.2) is 0 Å². The summed E-state index contributed by atoms with van der Waals surface area (Å²) in [5, 5.41) is 1.11. The zero-order chi connectivity index (χ0) is 14.0. The van der Waals surface area contributed by atoms with Gasteiger partial charge in [0.25, 0.3) is 0 Å². The molecule has 2 N–H and O–H groups in total. The third-order valence-corrected chi connectivity index (χ3v) is 4.69. The third kappa shape index (κ3) is 2.56. The number of rotatable bonds is 4. The molecule has 2 rings (SSSR count). The molecule has 0 amide bonds. The number of nitrogen functional groups attached to an aromatic ring is 1. The minimum Gasteiger partial charge on any atom is -0.382 e. The Bertz CT molecular complexity index is 548. The second kappa shape index (κ2) is 5.17. The van der Waals surface area contributed by atoms with Crippen molar-refractivity contribution in [2.75, 3.05) is 17.7 Å². The number of hydrogen-bond donors (Lipinski definition) is 1. The zero-order valence-corrected chi connectivity index (χ0v) is 12.7. The molecule has 2 aromatic heterocycles. The molecule has 19 heavy (non-hydrogen) atoms. The number of hydrogen-bond acceptors (Lipinski definition) is 5. The Morgan fingerprint density at radius 3 is 2.53 bits per heavy atom. The van der Waals surface area contributed by atoms with Crippen molar-refractivity contribution in [2.24, 2.45) is 0 Å². The fourth-order valence-corrected chi connectivity index (χ4v) is 2.78. The molecule has 4 nitrogen and oxygen atoms in total. The van der Waals surface area contributed by atoms with Crippen molar-refractivity contribution in [3.05, 3.63) is 24.5 Å². The third-order valence-electron chi connectivity index (χ3n) is 3.75. The zero-order valence-electron chi connectivity index (χ0n) is 11.8. The normalized spacial score (nSPS) is 11.6. The maximum absolute atomic E-state index is 6.05. The monoisotopic (exact) mass is 276 g/mol. The van der Waals surface area contributed by atoms with E-state index < -0.39 is 0 Å². The van der Waals surface area contributed by atoms with E-state index in [9.17, 15) is 0 Å². The van der Waals surface area contributed by atoms with E-state index in [2.05, 4.69) is 42.1 Å². The number of nitrogens with two attached hydrogens (primary N) is 1. The van der Waals surface area contributed by atoms with Gasteiger partial charge in [-0.1, -0.05) is 6.92 Å². The molecule has 102 valence electrons. The fourth-order valence-electron chi connectivity index (χ4n) is 1.82. The molecule has 0 aliphatic carbocycles. The smallest absolute Gasteiger partial charge is 0.147 e. The summed E-state index contributed by atoms with van der Waals surface area (Å²) in [4.78, 5) is 6.31. The summed E-state index contributed by atoms with van der Waals surface area (Å²) >= 11 is 1.45. The summed E-state index contributed by atoms with van der Waals surface area (Å²) < 4.78 is 4.32. The number of aromatic nitrogens is 2. The Hall–Kier alpha value is -1.62. The van der Waals surface area contributed by atoms with E-state index in [1.807, 2.05) is 12.1 Å². The molecule has 0 saturated carbocycles. The summed E-state index contributed by atoms with van der Waals surface area (Å²) in [5.74, 6) is 0.588. The maximum Gasteiger partial charge on any atom is 0.147 e. The van der Waals surface area contributed by atoms with Crippen molar-refractivity contribution in [3.8, 4) is 11.1 Å². The fraction of sp³-hybridized carbons (Fsp3) is 0.429. The highest BCUT2D eigenvalue weighted by atomic mass is 32.1. The average molecular weight is 276 g/mol. The summed E-state index contributed by atoms with van der Waals surface area (Å²) in [6.45, 7) is 6.63. The molecule has 0 spiro atoms. The molecular weight excluding hydrogens is 256 g/mol. The van der Waals surface area contributed by atoms with E-state index in [1.165, 1.54) is 11.5 Å². The van der Waals surface area contributed by atoms with Crippen molar-refractivity contribution in [1.29, 1.82) is 0 Å². The van der Waals surface area contributed by atoms with Crippen LogP contribution in [0.25, 0.3) is 11.1 Å². The first-order valence-corrected chi connectivity index (χ1v) is 7.14. The lowest BCUT2D eigenvalue weighted by Crippen LogP contribution is -2.40. The quantitative estimate of drug-likeness (QED) is 0.929. The molecule has 0 bridgehead atoms. The van der Waals surface area contributed by atoms with Gasteiger partial charge in [-0.3, -0.25) is 4.98 Å². The van der Waals surface area contributed by atoms with Gasteiger partial charge in [-0.05, 0) is 49.5 Å². The molecule has 2 heterocycles. The highest BCUT2D eigenvalue weighted by Crippen LogP contribution is 2.41. The standard InChI is InChI=1S/C14H20N4S/c1-5-14(2,3)18(4)13-11(12(15)17-19-13)10-6-8-16-9-7-10/h6-9H,5H2,1-4H3,(H2,15,17). The van der Waals surface area contributed by atoms with Crippen LogP contribution in [0.15, 0.2) is 24.5 Å². The van der Waals surface area contributed by atoms with Crippen LogP contribution in [0, 0.1) is 0 Å². The maximum atomic E-state index is 6.05. The number of nitrogens with zero attached hydrogens (tertiary/aromatic N) is 3. The van der Waals surface area contributed by atoms with E-state index in [0.717, 1.165) is 22.5 Å². The van der Waals surface area contributed by atoms with Crippen molar-refractivity contribution in [2.45, 2.75) is 32.7 Å². The van der Waals surface area contributed by atoms with Gasteiger partial charge in [0, 0.05) is 25.0 Å². The van der Waals surface area contributed by atoms with E-state index >= 15 is 0 Å². The lowest BCUT2D eigenvalue weighted by molar-refractivity contribution is 0.473. The van der Waals surface area contributed by atoms with Crippen molar-refractivity contribution >= 4 is 22.4 Å². The topological polar surface area (TPSA) is 55.0 Å². The molecule has 0 aromatic carbocycles. The minimum absolute atomic E-state index is 0.0702.